The van der Waals surface area contributed by atoms with E-state index in [0.29, 0.717) is 31.9 Å². The second-order valence-electron chi connectivity index (χ2n) is 5.74. The van der Waals surface area contributed by atoms with Crippen molar-refractivity contribution < 1.29 is 13.3 Å². The van der Waals surface area contributed by atoms with Crippen LogP contribution in [-0.4, -0.2) is 56.0 Å². The number of rotatable bonds is 4. The molecule has 25 heavy (non-hydrogen) atoms. The van der Waals surface area contributed by atoms with E-state index in [9.17, 15) is 18.5 Å². The summed E-state index contributed by atoms with van der Waals surface area (Å²) in [4.78, 5) is 14.3. The van der Waals surface area contributed by atoms with E-state index in [0.717, 1.165) is 18.1 Å². The number of anilines is 2. The van der Waals surface area contributed by atoms with E-state index < -0.39 is 14.8 Å². The maximum absolute atomic E-state index is 12.1. The van der Waals surface area contributed by atoms with Crippen LogP contribution in [0.5, 0.6) is 0 Å². The number of benzene rings is 1. The Morgan fingerprint density at radius 2 is 1.80 bits per heavy atom. The van der Waals surface area contributed by atoms with Crippen LogP contribution >= 0.6 is 0 Å². The predicted octanol–water partition coefficient (Wildman–Crippen LogP) is 1.11. The van der Waals surface area contributed by atoms with Gasteiger partial charge in [-0.25, -0.2) is 8.42 Å². The number of nitrogens with zero attached hydrogens (tertiary/aromatic N) is 5. The molecule has 3 rings (SSSR count). The molecule has 0 spiro atoms. The lowest BCUT2D eigenvalue weighted by atomic mass is 10.2. The first-order valence-electron chi connectivity index (χ1n) is 7.62. The average molecular weight is 363 g/mol. The number of piperazine rings is 1. The second kappa shape index (κ2) is 6.63. The molecule has 1 fully saturated rings. The lowest BCUT2D eigenvalue weighted by Crippen LogP contribution is -2.47. The maximum atomic E-state index is 12.1. The first-order chi connectivity index (χ1) is 11.9. The molecule has 0 N–H and O–H groups in total. The third-order valence-electron chi connectivity index (χ3n) is 4.06. The molecule has 132 valence electrons. The topological polar surface area (TPSA) is 110 Å². The Morgan fingerprint density at radius 1 is 1.12 bits per heavy atom. The zero-order valence-electron chi connectivity index (χ0n) is 13.6. The van der Waals surface area contributed by atoms with E-state index in [1.54, 1.807) is 6.20 Å². The molecule has 2 aromatic rings. The van der Waals surface area contributed by atoms with Crippen LogP contribution in [0.3, 0.4) is 0 Å². The Morgan fingerprint density at radius 3 is 2.36 bits per heavy atom. The zero-order chi connectivity index (χ0) is 18.0. The lowest BCUT2D eigenvalue weighted by Gasteiger charge is -2.37. The fourth-order valence-electron chi connectivity index (χ4n) is 2.81. The number of sulfone groups is 1. The van der Waals surface area contributed by atoms with Crippen LogP contribution in [0, 0.1) is 10.1 Å². The lowest BCUT2D eigenvalue weighted by molar-refractivity contribution is -0.385. The van der Waals surface area contributed by atoms with Crippen molar-refractivity contribution in [2.24, 2.45) is 0 Å². The monoisotopic (exact) mass is 363 g/mol. The van der Waals surface area contributed by atoms with E-state index in [-0.39, 0.29) is 10.6 Å². The molecule has 1 aromatic heterocycles. The molecule has 0 unspecified atom stereocenters. The fraction of sp³-hybridized carbons (Fsp3) is 0.333. The van der Waals surface area contributed by atoms with E-state index >= 15 is 0 Å². The van der Waals surface area contributed by atoms with Crippen molar-refractivity contribution in [2.45, 2.75) is 4.90 Å². The minimum absolute atomic E-state index is 0.0188. The number of hydrogen-bond donors (Lipinski definition) is 0. The molecule has 0 bridgehead atoms. The van der Waals surface area contributed by atoms with Crippen molar-refractivity contribution in [3.63, 3.8) is 0 Å². The summed E-state index contributed by atoms with van der Waals surface area (Å²) in [6, 6.07) is 7.65. The highest BCUT2D eigenvalue weighted by Crippen LogP contribution is 2.30. The summed E-state index contributed by atoms with van der Waals surface area (Å²) < 4.78 is 24.2. The van der Waals surface area contributed by atoms with Gasteiger partial charge in [-0.3, -0.25) is 10.1 Å². The predicted molar refractivity (Wildman–Crippen MR) is 92.7 cm³/mol. The Balaban J connectivity index is 1.85. The van der Waals surface area contributed by atoms with Gasteiger partial charge in [-0.05, 0) is 18.2 Å². The van der Waals surface area contributed by atoms with Gasteiger partial charge in [0.15, 0.2) is 15.7 Å². The normalized spacial score (nSPS) is 15.2. The van der Waals surface area contributed by atoms with Gasteiger partial charge in [0.05, 0.1) is 15.5 Å². The fourth-order valence-corrected chi connectivity index (χ4v) is 3.72. The van der Waals surface area contributed by atoms with Gasteiger partial charge in [0.2, 0.25) is 0 Å². The molecule has 0 aliphatic carbocycles. The van der Waals surface area contributed by atoms with E-state index in [2.05, 4.69) is 15.1 Å². The van der Waals surface area contributed by atoms with Crippen molar-refractivity contribution >= 4 is 27.0 Å². The van der Waals surface area contributed by atoms with E-state index in [1.807, 2.05) is 17.0 Å². The molecule has 0 saturated carbocycles. The average Bonchev–Trinajstić information content (AvgIpc) is 2.61. The molecule has 1 aliphatic rings. The van der Waals surface area contributed by atoms with Crippen molar-refractivity contribution in [1.82, 2.24) is 10.2 Å². The summed E-state index contributed by atoms with van der Waals surface area (Å²) >= 11 is 0. The van der Waals surface area contributed by atoms with Crippen LogP contribution in [0.4, 0.5) is 17.2 Å². The van der Waals surface area contributed by atoms with Gasteiger partial charge in [0.25, 0.3) is 5.69 Å². The molecule has 1 aromatic carbocycles. The van der Waals surface area contributed by atoms with Gasteiger partial charge in [0.1, 0.15) is 0 Å². The summed E-state index contributed by atoms with van der Waals surface area (Å²) in [5, 5.41) is 18.9. The largest absolute Gasteiger partial charge is 0.367 e. The Labute approximate surface area is 145 Å². The number of nitro groups is 1. The first kappa shape index (κ1) is 17.1. The van der Waals surface area contributed by atoms with Crippen LogP contribution in [0.2, 0.25) is 0 Å². The quantitative estimate of drug-likeness (QED) is 0.587. The van der Waals surface area contributed by atoms with Gasteiger partial charge in [-0.15, -0.1) is 5.10 Å². The van der Waals surface area contributed by atoms with Crippen LogP contribution in [0.15, 0.2) is 41.4 Å². The van der Waals surface area contributed by atoms with Crippen molar-refractivity contribution in [3.8, 4) is 0 Å². The van der Waals surface area contributed by atoms with Gasteiger partial charge < -0.3 is 9.80 Å². The van der Waals surface area contributed by atoms with E-state index in [1.165, 1.54) is 12.1 Å². The molecule has 0 amide bonds. The summed E-state index contributed by atoms with van der Waals surface area (Å²) in [5.74, 6) is 0.772. The molecule has 10 heteroatoms. The highest BCUT2D eigenvalue weighted by molar-refractivity contribution is 7.90. The number of nitro benzene ring substituents is 1. The summed E-state index contributed by atoms with van der Waals surface area (Å²) in [6.07, 6.45) is 2.67. The van der Waals surface area contributed by atoms with Crippen LogP contribution < -0.4 is 9.80 Å². The molecule has 9 nitrogen and oxygen atoms in total. The molecule has 0 radical (unpaired) electrons. The van der Waals surface area contributed by atoms with Crippen molar-refractivity contribution in [3.05, 3.63) is 46.6 Å². The van der Waals surface area contributed by atoms with Crippen LogP contribution in [0.1, 0.15) is 0 Å². The van der Waals surface area contributed by atoms with Gasteiger partial charge in [0, 0.05) is 50.8 Å². The zero-order valence-corrected chi connectivity index (χ0v) is 14.4. The third-order valence-corrected chi connectivity index (χ3v) is 5.18. The number of hydrogen-bond acceptors (Lipinski definition) is 8. The molecule has 1 aliphatic heterocycles. The highest BCUT2D eigenvalue weighted by atomic mass is 32.2. The Hall–Kier alpha value is -2.75. The van der Waals surface area contributed by atoms with Crippen LogP contribution in [0.25, 0.3) is 0 Å². The van der Waals surface area contributed by atoms with Gasteiger partial charge >= 0.3 is 0 Å². The molecule has 0 atom stereocenters. The Kier molecular flexibility index (Phi) is 4.53. The van der Waals surface area contributed by atoms with Crippen molar-refractivity contribution in [1.29, 1.82) is 0 Å². The Bertz CT molecular complexity index is 880. The molecule has 2 heterocycles. The molecular formula is C15H17N5O4S. The SMILES string of the molecule is CS(=O)(=O)c1cc([N+](=O)[O-])ccc1N1CCN(c2cccnn2)CC1. The smallest absolute Gasteiger partial charge is 0.270 e. The minimum Gasteiger partial charge on any atom is -0.367 e. The summed E-state index contributed by atoms with van der Waals surface area (Å²) in [6.45, 7) is 2.46. The van der Waals surface area contributed by atoms with Crippen molar-refractivity contribution in [2.75, 3.05) is 42.2 Å². The van der Waals surface area contributed by atoms with E-state index in [4.69, 9.17) is 0 Å². The molecule has 1 saturated heterocycles. The van der Waals surface area contributed by atoms with Gasteiger partial charge in [-0.2, -0.15) is 5.10 Å². The summed E-state index contributed by atoms with van der Waals surface area (Å²) in [5.41, 5.74) is 0.259. The number of non-ortho nitro benzene ring substituents is 1. The third kappa shape index (κ3) is 3.68. The van der Waals surface area contributed by atoms with Crippen LogP contribution in [-0.2, 0) is 9.84 Å². The standard InChI is InChI=1S/C15H17N5O4S/c1-25(23,24)14-11-12(20(21)22)4-5-13(14)18-7-9-19(10-8-18)15-3-2-6-16-17-15/h2-6,11H,7-10H2,1H3. The second-order valence-corrected chi connectivity index (χ2v) is 7.72. The molecular weight excluding hydrogens is 346 g/mol. The van der Waals surface area contributed by atoms with Gasteiger partial charge in [-0.1, -0.05) is 0 Å². The summed E-state index contributed by atoms with van der Waals surface area (Å²) in [7, 11) is -3.59. The maximum Gasteiger partial charge on any atom is 0.270 e. The highest BCUT2D eigenvalue weighted by Gasteiger charge is 2.25. The minimum atomic E-state index is -3.59. The number of aromatic nitrogens is 2. The first-order valence-corrected chi connectivity index (χ1v) is 9.51.